The van der Waals surface area contributed by atoms with Crippen molar-refractivity contribution in [2.75, 3.05) is 23.3 Å². The maximum absolute atomic E-state index is 13.3. The number of anilines is 2. The number of benzene rings is 3. The van der Waals surface area contributed by atoms with E-state index in [9.17, 15) is 23.6 Å². The number of imide groups is 1. The molecule has 3 aromatic carbocycles. The number of carbonyl (C=O) groups excluding carboxylic acids is 4. The molecule has 0 aliphatic carbocycles. The zero-order valence-corrected chi connectivity index (χ0v) is 19.5. The largest absolute Gasteiger partial charge is 0.325 e. The molecule has 2 heterocycles. The first-order valence-corrected chi connectivity index (χ1v) is 11.5. The summed E-state index contributed by atoms with van der Waals surface area (Å²) in [5.41, 5.74) is 1.94. The normalized spacial score (nSPS) is 18.7. The lowest BCUT2D eigenvalue weighted by molar-refractivity contribution is -0.133. The smallest absolute Gasteiger partial charge is 0.325 e. The van der Waals surface area contributed by atoms with Gasteiger partial charge in [0.25, 0.3) is 11.8 Å². The van der Waals surface area contributed by atoms with Crippen LogP contribution in [0.1, 0.15) is 28.4 Å². The highest BCUT2D eigenvalue weighted by atomic mass is 19.1. The molecule has 2 N–H and O–H groups in total. The van der Waals surface area contributed by atoms with Crippen molar-refractivity contribution in [2.45, 2.75) is 18.9 Å². The number of urea groups is 1. The second-order valence-corrected chi connectivity index (χ2v) is 8.91. The van der Waals surface area contributed by atoms with Gasteiger partial charge in [0, 0.05) is 23.5 Å². The van der Waals surface area contributed by atoms with Gasteiger partial charge in [0.1, 0.15) is 17.9 Å². The van der Waals surface area contributed by atoms with Crippen molar-refractivity contribution in [3.05, 3.63) is 95.3 Å². The molecule has 0 radical (unpaired) electrons. The van der Waals surface area contributed by atoms with Crippen LogP contribution in [-0.4, -0.2) is 41.7 Å². The Bertz CT molecular complexity index is 1370. The SMILES string of the molecule is CC1(c2ccc(F)cc2)NC(=O)N(CC(=O)Nc2ccc(C(=O)N3CCc4ccccc43)cc2)C1=O. The fraction of sp³-hybridized carbons (Fsp3) is 0.185. The molecule has 182 valence electrons. The molecule has 0 bridgehead atoms. The molecule has 2 aliphatic rings. The molecule has 9 heteroatoms. The highest BCUT2D eigenvalue weighted by molar-refractivity contribution is 6.10. The first kappa shape index (κ1) is 23.2. The molecule has 2 aliphatic heterocycles. The first-order valence-electron chi connectivity index (χ1n) is 11.5. The standard InChI is InChI=1S/C27H23FN4O4/c1-27(19-8-10-20(28)11-9-19)25(35)32(26(36)30-27)16-23(33)29-21-12-6-18(7-13-21)24(34)31-15-14-17-4-2-3-5-22(17)31/h2-13H,14-16H2,1H3,(H,29,33)(H,30,36). The molecule has 1 saturated heterocycles. The lowest BCUT2D eigenvalue weighted by Crippen LogP contribution is -2.42. The van der Waals surface area contributed by atoms with Crippen molar-refractivity contribution >= 4 is 35.1 Å². The summed E-state index contributed by atoms with van der Waals surface area (Å²) in [7, 11) is 0. The van der Waals surface area contributed by atoms with Crippen molar-refractivity contribution < 1.29 is 23.6 Å². The van der Waals surface area contributed by atoms with Crippen molar-refractivity contribution in [3.63, 3.8) is 0 Å². The van der Waals surface area contributed by atoms with Crippen LogP contribution in [0.15, 0.2) is 72.8 Å². The van der Waals surface area contributed by atoms with Crippen LogP contribution < -0.4 is 15.5 Å². The molecule has 5 rings (SSSR count). The minimum absolute atomic E-state index is 0.128. The van der Waals surface area contributed by atoms with Crippen LogP contribution in [0.5, 0.6) is 0 Å². The van der Waals surface area contributed by atoms with E-state index < -0.39 is 35.7 Å². The predicted octanol–water partition coefficient (Wildman–Crippen LogP) is 3.43. The highest BCUT2D eigenvalue weighted by Gasteiger charge is 2.49. The van der Waals surface area contributed by atoms with Gasteiger partial charge in [-0.15, -0.1) is 0 Å². The molecule has 5 amide bonds. The number of para-hydroxylation sites is 1. The number of nitrogens with one attached hydrogen (secondary N) is 2. The van der Waals surface area contributed by atoms with E-state index in [1.807, 2.05) is 24.3 Å². The average Bonchev–Trinajstić information content (AvgIpc) is 3.39. The van der Waals surface area contributed by atoms with Crippen molar-refractivity contribution in [1.82, 2.24) is 10.2 Å². The third kappa shape index (κ3) is 4.08. The predicted molar refractivity (Wildman–Crippen MR) is 131 cm³/mol. The molecule has 0 aromatic heterocycles. The summed E-state index contributed by atoms with van der Waals surface area (Å²) in [4.78, 5) is 53.6. The van der Waals surface area contributed by atoms with Crippen molar-refractivity contribution in [3.8, 4) is 0 Å². The van der Waals surface area contributed by atoms with Gasteiger partial charge in [-0.25, -0.2) is 9.18 Å². The number of nitrogens with zero attached hydrogens (tertiary/aromatic N) is 2. The Hall–Kier alpha value is -4.53. The first-order chi connectivity index (χ1) is 17.3. The molecule has 1 unspecified atom stereocenters. The van der Waals surface area contributed by atoms with Crippen molar-refractivity contribution in [1.29, 1.82) is 0 Å². The minimum atomic E-state index is -1.40. The van der Waals surface area contributed by atoms with Gasteiger partial charge in [-0.2, -0.15) is 0 Å². The molecular weight excluding hydrogens is 463 g/mol. The fourth-order valence-corrected chi connectivity index (χ4v) is 4.56. The molecule has 36 heavy (non-hydrogen) atoms. The number of carbonyl (C=O) groups is 4. The second-order valence-electron chi connectivity index (χ2n) is 8.91. The Morgan fingerprint density at radius 1 is 1.00 bits per heavy atom. The Balaban J connectivity index is 1.23. The van der Waals surface area contributed by atoms with Gasteiger partial charge in [0.05, 0.1) is 0 Å². The van der Waals surface area contributed by atoms with Gasteiger partial charge in [0.2, 0.25) is 5.91 Å². The van der Waals surface area contributed by atoms with Crippen LogP contribution >= 0.6 is 0 Å². The van der Waals surface area contributed by atoms with Crippen LogP contribution in [0.4, 0.5) is 20.6 Å². The van der Waals surface area contributed by atoms with E-state index in [0.717, 1.165) is 22.6 Å². The van der Waals surface area contributed by atoms with Crippen LogP contribution in [-0.2, 0) is 21.5 Å². The van der Waals surface area contributed by atoms with Gasteiger partial charge in [-0.1, -0.05) is 30.3 Å². The van der Waals surface area contributed by atoms with E-state index in [-0.39, 0.29) is 5.91 Å². The summed E-state index contributed by atoms with van der Waals surface area (Å²) >= 11 is 0. The molecule has 1 fully saturated rings. The van der Waals surface area contributed by atoms with Crippen LogP contribution in [0.2, 0.25) is 0 Å². The third-order valence-corrected chi connectivity index (χ3v) is 6.55. The molecule has 1 atom stereocenters. The number of hydrogen-bond acceptors (Lipinski definition) is 4. The molecule has 0 spiro atoms. The molecule has 3 aromatic rings. The van der Waals surface area contributed by atoms with Gasteiger partial charge in [-0.3, -0.25) is 19.3 Å². The number of amides is 5. The van der Waals surface area contributed by atoms with E-state index in [1.165, 1.54) is 31.2 Å². The Morgan fingerprint density at radius 2 is 1.69 bits per heavy atom. The van der Waals surface area contributed by atoms with E-state index in [2.05, 4.69) is 10.6 Å². The second kappa shape index (κ2) is 8.92. The summed E-state index contributed by atoms with van der Waals surface area (Å²) in [6.45, 7) is 1.62. The summed E-state index contributed by atoms with van der Waals surface area (Å²) in [6.07, 6.45) is 0.805. The van der Waals surface area contributed by atoms with Gasteiger partial charge < -0.3 is 15.5 Å². The number of rotatable bonds is 5. The fourth-order valence-electron chi connectivity index (χ4n) is 4.56. The maximum atomic E-state index is 13.3. The topological polar surface area (TPSA) is 98.8 Å². The summed E-state index contributed by atoms with van der Waals surface area (Å²) in [6, 6.07) is 18.7. The van der Waals surface area contributed by atoms with E-state index in [0.29, 0.717) is 23.4 Å². The number of fused-ring (bicyclic) bond motifs is 1. The third-order valence-electron chi connectivity index (χ3n) is 6.55. The molecule has 0 saturated carbocycles. The highest BCUT2D eigenvalue weighted by Crippen LogP contribution is 2.30. The Labute approximate surface area is 206 Å². The Kier molecular flexibility index (Phi) is 5.75. The minimum Gasteiger partial charge on any atom is -0.325 e. The van der Waals surface area contributed by atoms with E-state index in [1.54, 1.807) is 29.2 Å². The van der Waals surface area contributed by atoms with E-state index >= 15 is 0 Å². The summed E-state index contributed by atoms with van der Waals surface area (Å²) in [5, 5.41) is 5.23. The number of hydrogen-bond donors (Lipinski definition) is 2. The summed E-state index contributed by atoms with van der Waals surface area (Å²) in [5.74, 6) is -1.78. The van der Waals surface area contributed by atoms with Crippen LogP contribution in [0.25, 0.3) is 0 Å². The summed E-state index contributed by atoms with van der Waals surface area (Å²) < 4.78 is 13.3. The maximum Gasteiger partial charge on any atom is 0.325 e. The average molecular weight is 487 g/mol. The van der Waals surface area contributed by atoms with E-state index in [4.69, 9.17) is 0 Å². The van der Waals surface area contributed by atoms with Crippen molar-refractivity contribution in [2.24, 2.45) is 0 Å². The quantitative estimate of drug-likeness (QED) is 0.540. The number of halogens is 1. The Morgan fingerprint density at radius 3 is 2.42 bits per heavy atom. The monoisotopic (exact) mass is 486 g/mol. The zero-order chi connectivity index (χ0) is 25.4. The van der Waals surface area contributed by atoms with Gasteiger partial charge in [0.15, 0.2) is 0 Å². The lowest BCUT2D eigenvalue weighted by Gasteiger charge is -2.22. The molecular formula is C27H23FN4O4. The van der Waals surface area contributed by atoms with Gasteiger partial charge in [-0.05, 0) is 66.9 Å². The van der Waals surface area contributed by atoms with Gasteiger partial charge >= 0.3 is 6.03 Å². The zero-order valence-electron chi connectivity index (χ0n) is 19.5. The van der Waals surface area contributed by atoms with Crippen LogP contribution in [0.3, 0.4) is 0 Å². The lowest BCUT2D eigenvalue weighted by atomic mass is 9.92. The van der Waals surface area contributed by atoms with Crippen LogP contribution in [0, 0.1) is 5.82 Å². The molecule has 8 nitrogen and oxygen atoms in total.